The molecule has 0 radical (unpaired) electrons. The van der Waals surface area contributed by atoms with Gasteiger partial charge in [-0.3, -0.25) is 0 Å². The van der Waals surface area contributed by atoms with E-state index in [4.69, 9.17) is 21.6 Å². The van der Waals surface area contributed by atoms with Crippen LogP contribution in [0.4, 0.5) is 0 Å². The van der Waals surface area contributed by atoms with Crippen molar-refractivity contribution in [1.29, 1.82) is 5.26 Å². The summed E-state index contributed by atoms with van der Waals surface area (Å²) in [5, 5.41) is 13.5. The number of halogens is 2. The number of rotatable bonds is 3. The van der Waals surface area contributed by atoms with Crippen molar-refractivity contribution in [2.45, 2.75) is 6.61 Å². The van der Waals surface area contributed by atoms with Gasteiger partial charge < -0.3 is 4.74 Å². The van der Waals surface area contributed by atoms with Crippen LogP contribution in [0.2, 0.25) is 5.15 Å². The minimum atomic E-state index is 0.228. The van der Waals surface area contributed by atoms with Crippen molar-refractivity contribution in [3.63, 3.8) is 0 Å². The van der Waals surface area contributed by atoms with Crippen molar-refractivity contribution in [2.75, 3.05) is 7.11 Å². The van der Waals surface area contributed by atoms with Crippen LogP contribution in [0.25, 0.3) is 5.82 Å². The summed E-state index contributed by atoms with van der Waals surface area (Å²) in [7, 11) is 1.53. The van der Waals surface area contributed by atoms with Crippen LogP contribution in [0.1, 0.15) is 11.3 Å². The monoisotopic (exact) mass is 326 g/mol. The van der Waals surface area contributed by atoms with E-state index in [0.29, 0.717) is 17.1 Å². The van der Waals surface area contributed by atoms with E-state index < -0.39 is 0 Å². The number of pyridine rings is 1. The molecule has 92 valence electrons. The summed E-state index contributed by atoms with van der Waals surface area (Å²) < 4.78 is 7.25. The Morgan fingerprint density at radius 1 is 1.56 bits per heavy atom. The molecule has 2 aromatic heterocycles. The molecule has 0 aliphatic rings. The zero-order chi connectivity index (χ0) is 13.1. The summed E-state index contributed by atoms with van der Waals surface area (Å²) in [4.78, 5) is 4.18. The molecule has 7 heteroatoms. The standard InChI is InChI=1S/C11H8BrClN4O/c1-18-6-9-8(4-14)11(13)17(16-9)10-3-2-7(12)5-15-10/h2-3,5H,6H2,1H3. The predicted octanol–water partition coefficient (Wildman–Crippen LogP) is 2.70. The second-order valence-electron chi connectivity index (χ2n) is 3.40. The van der Waals surface area contributed by atoms with Crippen molar-refractivity contribution in [1.82, 2.24) is 14.8 Å². The molecule has 0 saturated heterocycles. The minimum Gasteiger partial charge on any atom is -0.378 e. The van der Waals surface area contributed by atoms with Crippen molar-refractivity contribution < 1.29 is 4.74 Å². The highest BCUT2D eigenvalue weighted by Crippen LogP contribution is 2.23. The number of nitrogens with zero attached hydrogens (tertiary/aromatic N) is 4. The van der Waals surface area contributed by atoms with Gasteiger partial charge in [-0.15, -0.1) is 0 Å². The Labute approximate surface area is 117 Å². The summed E-state index contributed by atoms with van der Waals surface area (Å²) in [5.41, 5.74) is 0.804. The van der Waals surface area contributed by atoms with E-state index >= 15 is 0 Å². The van der Waals surface area contributed by atoms with Gasteiger partial charge in [-0.1, -0.05) is 11.6 Å². The summed E-state index contributed by atoms with van der Waals surface area (Å²) in [6.07, 6.45) is 1.63. The Morgan fingerprint density at radius 2 is 2.33 bits per heavy atom. The van der Waals surface area contributed by atoms with Gasteiger partial charge in [0.15, 0.2) is 11.0 Å². The zero-order valence-corrected chi connectivity index (χ0v) is 11.7. The topological polar surface area (TPSA) is 63.7 Å². The first-order chi connectivity index (χ1) is 8.67. The highest BCUT2D eigenvalue weighted by Gasteiger charge is 2.17. The van der Waals surface area contributed by atoms with Crippen LogP contribution in [0.5, 0.6) is 0 Å². The highest BCUT2D eigenvalue weighted by atomic mass is 79.9. The number of nitriles is 1. The fourth-order valence-electron chi connectivity index (χ4n) is 1.43. The Hall–Kier alpha value is -1.42. The number of aromatic nitrogens is 3. The van der Waals surface area contributed by atoms with E-state index in [1.54, 1.807) is 12.3 Å². The molecule has 0 saturated carbocycles. The lowest BCUT2D eigenvalue weighted by molar-refractivity contribution is 0.181. The molecule has 0 spiro atoms. The van der Waals surface area contributed by atoms with Crippen LogP contribution < -0.4 is 0 Å². The Morgan fingerprint density at radius 3 is 2.89 bits per heavy atom. The first-order valence-corrected chi connectivity index (χ1v) is 6.12. The van der Waals surface area contributed by atoms with Gasteiger partial charge in [0.1, 0.15) is 17.3 Å². The third-order valence-corrected chi connectivity index (χ3v) is 3.04. The maximum absolute atomic E-state index is 9.06. The Kier molecular flexibility index (Phi) is 3.97. The quantitative estimate of drug-likeness (QED) is 0.869. The Balaban J connectivity index is 2.52. The van der Waals surface area contributed by atoms with Crippen molar-refractivity contribution >= 4 is 27.5 Å². The average Bonchev–Trinajstić information content (AvgIpc) is 2.67. The van der Waals surface area contributed by atoms with Crippen LogP contribution in [0.3, 0.4) is 0 Å². The van der Waals surface area contributed by atoms with Crippen LogP contribution in [-0.2, 0) is 11.3 Å². The van der Waals surface area contributed by atoms with E-state index in [9.17, 15) is 0 Å². The van der Waals surface area contributed by atoms with Crippen LogP contribution >= 0.6 is 27.5 Å². The molecule has 2 aromatic rings. The molecule has 0 aliphatic carbocycles. The lowest BCUT2D eigenvalue weighted by Gasteiger charge is -2.01. The van der Waals surface area contributed by atoms with Crippen molar-refractivity contribution in [3.05, 3.63) is 39.2 Å². The minimum absolute atomic E-state index is 0.228. The van der Waals surface area contributed by atoms with E-state index in [2.05, 4.69) is 26.0 Å². The molecule has 2 heterocycles. The van der Waals surface area contributed by atoms with Crippen molar-refractivity contribution in [3.8, 4) is 11.9 Å². The number of hydrogen-bond donors (Lipinski definition) is 0. The molecule has 0 N–H and O–H groups in total. The summed E-state index contributed by atoms with van der Waals surface area (Å²) in [6, 6.07) is 5.59. The van der Waals surface area contributed by atoms with Gasteiger partial charge in [-0.05, 0) is 28.1 Å². The van der Waals surface area contributed by atoms with Gasteiger partial charge in [0.25, 0.3) is 0 Å². The van der Waals surface area contributed by atoms with Crippen LogP contribution in [0.15, 0.2) is 22.8 Å². The first-order valence-electron chi connectivity index (χ1n) is 4.95. The molecular weight excluding hydrogens is 320 g/mol. The molecule has 0 atom stereocenters. The maximum Gasteiger partial charge on any atom is 0.155 e. The molecule has 5 nitrogen and oxygen atoms in total. The summed E-state index contributed by atoms with van der Waals surface area (Å²) >= 11 is 9.41. The predicted molar refractivity (Wildman–Crippen MR) is 69.5 cm³/mol. The smallest absolute Gasteiger partial charge is 0.155 e. The second kappa shape index (κ2) is 5.48. The van der Waals surface area contributed by atoms with Gasteiger partial charge in [-0.25, -0.2) is 9.67 Å². The van der Waals surface area contributed by atoms with Gasteiger partial charge in [0.05, 0.1) is 6.61 Å². The molecule has 0 bridgehead atoms. The first kappa shape index (κ1) is 13.0. The third-order valence-electron chi connectivity index (χ3n) is 2.22. The van der Waals surface area contributed by atoms with Crippen LogP contribution in [-0.4, -0.2) is 21.9 Å². The summed E-state index contributed by atoms with van der Waals surface area (Å²) in [6.45, 7) is 0.228. The largest absolute Gasteiger partial charge is 0.378 e. The maximum atomic E-state index is 9.06. The molecular formula is C11H8BrClN4O. The fourth-order valence-corrected chi connectivity index (χ4v) is 1.94. The van der Waals surface area contributed by atoms with E-state index in [1.165, 1.54) is 11.8 Å². The zero-order valence-electron chi connectivity index (χ0n) is 9.39. The van der Waals surface area contributed by atoms with Gasteiger partial charge in [0.2, 0.25) is 0 Å². The lowest BCUT2D eigenvalue weighted by Crippen LogP contribution is -2.00. The Bertz CT molecular complexity index is 603. The lowest BCUT2D eigenvalue weighted by atomic mass is 10.3. The van der Waals surface area contributed by atoms with E-state index in [-0.39, 0.29) is 11.8 Å². The normalized spacial score (nSPS) is 10.3. The average molecular weight is 328 g/mol. The molecule has 0 unspecified atom stereocenters. The second-order valence-corrected chi connectivity index (χ2v) is 4.68. The van der Waals surface area contributed by atoms with E-state index in [0.717, 1.165) is 4.47 Å². The van der Waals surface area contributed by atoms with Gasteiger partial charge >= 0.3 is 0 Å². The molecule has 18 heavy (non-hydrogen) atoms. The molecule has 2 rings (SSSR count). The number of ether oxygens (including phenoxy) is 1. The van der Waals surface area contributed by atoms with Crippen molar-refractivity contribution in [2.24, 2.45) is 0 Å². The number of hydrogen-bond acceptors (Lipinski definition) is 4. The van der Waals surface area contributed by atoms with Gasteiger partial charge in [-0.2, -0.15) is 10.4 Å². The SMILES string of the molecule is COCc1nn(-c2ccc(Br)cn2)c(Cl)c1C#N. The summed E-state index contributed by atoms with van der Waals surface area (Å²) in [5.74, 6) is 0.544. The molecule has 0 amide bonds. The molecule has 0 fully saturated rings. The number of methoxy groups -OCH3 is 1. The van der Waals surface area contributed by atoms with Crippen LogP contribution in [0, 0.1) is 11.3 Å². The fraction of sp³-hybridized carbons (Fsp3) is 0.182. The highest BCUT2D eigenvalue weighted by molar-refractivity contribution is 9.10. The molecule has 0 aliphatic heterocycles. The van der Waals surface area contributed by atoms with Gasteiger partial charge in [0, 0.05) is 17.8 Å². The third kappa shape index (κ3) is 2.38. The molecule has 0 aromatic carbocycles. The van der Waals surface area contributed by atoms with E-state index in [1.807, 2.05) is 12.1 Å².